The maximum atomic E-state index is 7.78. The molecule has 0 N–H and O–H groups in total. The van der Waals surface area contributed by atoms with Gasteiger partial charge in [-0.25, -0.2) is 19.8 Å². The van der Waals surface area contributed by atoms with Gasteiger partial charge in [0.2, 0.25) is 0 Å². The fourth-order valence-corrected chi connectivity index (χ4v) is 9.43. The van der Waals surface area contributed by atoms with Crippen molar-refractivity contribution in [2.45, 2.75) is 38.5 Å². The fraction of sp³-hybridized carbons (Fsp3) is 0.118. The summed E-state index contributed by atoms with van der Waals surface area (Å²) in [5.74, 6) is 1.84. The third-order valence-electron chi connectivity index (χ3n) is 12.4. The molecule has 0 saturated heterocycles. The zero-order valence-electron chi connectivity index (χ0n) is 32.0. The first-order valence-electron chi connectivity index (χ1n) is 19.3. The van der Waals surface area contributed by atoms with E-state index in [-0.39, 0.29) is 10.8 Å². The molecule has 0 bridgehead atoms. The summed E-state index contributed by atoms with van der Waals surface area (Å²) in [6.07, 6.45) is 3.65. The number of fused-ring (bicyclic) bond motifs is 9. The molecule has 0 spiro atoms. The van der Waals surface area contributed by atoms with Crippen molar-refractivity contribution in [1.82, 2.24) is 24.5 Å². The highest BCUT2D eigenvalue weighted by Gasteiger charge is 2.37. The van der Waals surface area contributed by atoms with Crippen molar-refractivity contribution in [3.63, 3.8) is 0 Å². The Morgan fingerprint density at radius 1 is 0.491 bits per heavy atom. The van der Waals surface area contributed by atoms with Gasteiger partial charge >= 0.3 is 0 Å². The van der Waals surface area contributed by atoms with Gasteiger partial charge in [-0.05, 0) is 104 Å². The lowest BCUT2D eigenvalue weighted by Gasteiger charge is -2.22. The molecule has 0 radical (unpaired) electrons. The molecule has 57 heavy (non-hydrogen) atoms. The first kappa shape index (κ1) is 33.1. The second-order valence-electron chi connectivity index (χ2n) is 16.3. The minimum Gasteiger partial charge on any atom is -0.308 e. The van der Waals surface area contributed by atoms with Gasteiger partial charge in [0, 0.05) is 39.1 Å². The molecule has 0 unspecified atom stereocenters. The predicted molar refractivity (Wildman–Crippen MR) is 230 cm³/mol. The van der Waals surface area contributed by atoms with Gasteiger partial charge in [0.05, 0.1) is 29.5 Å². The Labute approximate surface area is 331 Å². The molecule has 11 rings (SSSR count). The lowest BCUT2D eigenvalue weighted by Crippen LogP contribution is -2.15. The molecule has 2 aliphatic rings. The molecule has 0 amide bonds. The molecule has 0 atom stereocenters. The quantitative estimate of drug-likeness (QED) is 0.169. The highest BCUT2D eigenvalue weighted by molar-refractivity contribution is 6.11. The van der Waals surface area contributed by atoms with Crippen LogP contribution in [0.4, 0.5) is 5.69 Å². The van der Waals surface area contributed by atoms with E-state index in [1.807, 2.05) is 30.5 Å². The summed E-state index contributed by atoms with van der Waals surface area (Å²) >= 11 is 0. The Hall–Kier alpha value is -7.23. The predicted octanol–water partition coefficient (Wildman–Crippen LogP) is 12.5. The smallest absolute Gasteiger partial charge is 0.188 e. The van der Waals surface area contributed by atoms with E-state index in [9.17, 15) is 0 Å². The van der Waals surface area contributed by atoms with Gasteiger partial charge in [-0.3, -0.25) is 4.98 Å². The largest absolute Gasteiger partial charge is 0.308 e. The molecular formula is C51H36N6. The van der Waals surface area contributed by atoms with Crippen LogP contribution in [0, 0.1) is 6.57 Å². The molecule has 6 aromatic carbocycles. The Morgan fingerprint density at radius 2 is 0.982 bits per heavy atom. The Bertz CT molecular complexity index is 3070. The molecule has 6 nitrogen and oxygen atoms in total. The normalized spacial score (nSPS) is 14.2. The van der Waals surface area contributed by atoms with Crippen LogP contribution in [0.25, 0.3) is 88.8 Å². The van der Waals surface area contributed by atoms with Gasteiger partial charge in [-0.2, -0.15) is 0 Å². The lowest BCUT2D eigenvalue weighted by molar-refractivity contribution is 0.660. The molecule has 2 aliphatic carbocycles. The van der Waals surface area contributed by atoms with Crippen molar-refractivity contribution in [3.05, 3.63) is 180 Å². The molecule has 0 aliphatic heterocycles. The number of hydrogen-bond donors (Lipinski definition) is 0. The molecule has 3 aromatic heterocycles. The first-order valence-corrected chi connectivity index (χ1v) is 19.3. The van der Waals surface area contributed by atoms with E-state index >= 15 is 0 Å². The molecule has 3 heterocycles. The maximum absolute atomic E-state index is 7.78. The Balaban J connectivity index is 1.13. The molecule has 6 heteroatoms. The van der Waals surface area contributed by atoms with Crippen molar-refractivity contribution in [2.24, 2.45) is 0 Å². The summed E-state index contributed by atoms with van der Waals surface area (Å²) in [6.45, 7) is 17.0. The van der Waals surface area contributed by atoms with Crippen molar-refractivity contribution >= 4 is 27.5 Å². The van der Waals surface area contributed by atoms with Gasteiger partial charge in [0.15, 0.2) is 23.2 Å². The third kappa shape index (κ3) is 4.82. The zero-order valence-corrected chi connectivity index (χ0v) is 32.0. The number of aromatic nitrogens is 5. The molecular weight excluding hydrogens is 697 g/mol. The van der Waals surface area contributed by atoms with Gasteiger partial charge in [-0.1, -0.05) is 107 Å². The van der Waals surface area contributed by atoms with Crippen LogP contribution in [0.3, 0.4) is 0 Å². The highest BCUT2D eigenvalue weighted by atomic mass is 15.0. The standard InChI is InChI=1S/C51H36N6/c1-50(2)41-14-8-6-12-35(41)37-20-16-31(26-43(37)50)48-54-47(55-49(56-48)32-17-21-38-36-13-7-9-15-42(36)51(3,4)44(38)27-32)30-18-22-45-39(25-30)40-28-33(52-5)19-23-46(40)57(45)34-11-10-24-53-29-34/h6-29H,1-4H3. The minimum absolute atomic E-state index is 0.168. The molecule has 9 aromatic rings. The molecule has 270 valence electrons. The van der Waals surface area contributed by atoms with E-state index < -0.39 is 0 Å². The van der Waals surface area contributed by atoms with Gasteiger partial charge in [-0.15, -0.1) is 0 Å². The zero-order chi connectivity index (χ0) is 38.6. The van der Waals surface area contributed by atoms with E-state index in [0.29, 0.717) is 23.2 Å². The number of nitrogens with zero attached hydrogens (tertiary/aromatic N) is 6. The maximum Gasteiger partial charge on any atom is 0.188 e. The van der Waals surface area contributed by atoms with Crippen molar-refractivity contribution in [1.29, 1.82) is 0 Å². The van der Waals surface area contributed by atoms with Gasteiger partial charge < -0.3 is 4.57 Å². The summed E-state index contributed by atoms with van der Waals surface area (Å²) in [7, 11) is 0. The van der Waals surface area contributed by atoms with E-state index in [4.69, 9.17) is 21.5 Å². The van der Waals surface area contributed by atoms with E-state index in [1.165, 1.54) is 44.5 Å². The van der Waals surface area contributed by atoms with Crippen LogP contribution in [0.5, 0.6) is 0 Å². The van der Waals surface area contributed by atoms with Crippen LogP contribution in [0.2, 0.25) is 0 Å². The average molecular weight is 733 g/mol. The summed E-state index contributed by atoms with van der Waals surface area (Å²) in [6, 6.07) is 47.0. The molecule has 0 saturated carbocycles. The van der Waals surface area contributed by atoms with E-state index in [2.05, 4.69) is 151 Å². The summed E-state index contributed by atoms with van der Waals surface area (Å²) in [5, 5.41) is 1.99. The van der Waals surface area contributed by atoms with Crippen molar-refractivity contribution in [2.75, 3.05) is 0 Å². The van der Waals surface area contributed by atoms with E-state index in [0.717, 1.165) is 44.2 Å². The van der Waals surface area contributed by atoms with Gasteiger partial charge in [0.25, 0.3) is 0 Å². The number of pyridine rings is 1. The topological polar surface area (TPSA) is 60.9 Å². The lowest BCUT2D eigenvalue weighted by atomic mass is 9.82. The second kappa shape index (κ2) is 11.9. The monoisotopic (exact) mass is 732 g/mol. The van der Waals surface area contributed by atoms with Crippen LogP contribution < -0.4 is 0 Å². The summed E-state index contributed by atoms with van der Waals surface area (Å²) in [5.41, 5.74) is 16.2. The number of rotatable bonds is 4. The van der Waals surface area contributed by atoms with Crippen molar-refractivity contribution < 1.29 is 0 Å². The third-order valence-corrected chi connectivity index (χ3v) is 12.4. The summed E-state index contributed by atoms with van der Waals surface area (Å²) < 4.78 is 2.20. The van der Waals surface area contributed by atoms with Crippen molar-refractivity contribution in [3.8, 4) is 62.1 Å². The van der Waals surface area contributed by atoms with Crippen LogP contribution in [0.1, 0.15) is 49.9 Å². The minimum atomic E-state index is -0.168. The second-order valence-corrected chi connectivity index (χ2v) is 16.3. The van der Waals surface area contributed by atoms with Crippen LogP contribution >= 0.6 is 0 Å². The Kier molecular flexibility index (Phi) is 6.91. The van der Waals surface area contributed by atoms with Gasteiger partial charge in [0.1, 0.15) is 0 Å². The van der Waals surface area contributed by atoms with Crippen LogP contribution in [-0.2, 0) is 10.8 Å². The summed E-state index contributed by atoms with van der Waals surface area (Å²) in [4.78, 5) is 24.0. The molecule has 0 fully saturated rings. The van der Waals surface area contributed by atoms with Crippen LogP contribution in [-0.4, -0.2) is 24.5 Å². The fourth-order valence-electron chi connectivity index (χ4n) is 9.43. The number of benzene rings is 6. The Morgan fingerprint density at radius 3 is 1.53 bits per heavy atom. The first-order chi connectivity index (χ1) is 27.7. The number of hydrogen-bond acceptors (Lipinski definition) is 4. The SMILES string of the molecule is [C-]#[N+]c1ccc2c(c1)c1cc(-c3nc(-c4ccc5c(c4)C(C)(C)c4ccccc4-5)nc(-c4ccc5c(c4)C(C)(C)c4ccccc4-5)n3)ccc1n2-c1cccnc1. The van der Waals surface area contributed by atoms with Crippen LogP contribution in [0.15, 0.2) is 146 Å². The highest BCUT2D eigenvalue weighted by Crippen LogP contribution is 2.51. The average Bonchev–Trinajstić information content (AvgIpc) is 3.79. The van der Waals surface area contributed by atoms with E-state index in [1.54, 1.807) is 6.20 Å².